The van der Waals surface area contributed by atoms with Crippen molar-refractivity contribution in [1.29, 1.82) is 0 Å². The van der Waals surface area contributed by atoms with Gasteiger partial charge in [0.15, 0.2) is 5.69 Å². The summed E-state index contributed by atoms with van der Waals surface area (Å²) in [5.41, 5.74) is 7.65. The Kier molecular flexibility index (Phi) is 5.24. The van der Waals surface area contributed by atoms with E-state index in [0.717, 1.165) is 0 Å². The van der Waals surface area contributed by atoms with Gasteiger partial charge >= 0.3 is 0 Å². The van der Waals surface area contributed by atoms with Gasteiger partial charge in [-0.25, -0.2) is 0 Å². The summed E-state index contributed by atoms with van der Waals surface area (Å²) in [6, 6.07) is 6.80. The number of carbonyl (C=O) groups excluding carboxylic acids is 1. The van der Waals surface area contributed by atoms with Crippen LogP contribution in [0.3, 0.4) is 0 Å². The van der Waals surface area contributed by atoms with E-state index in [1.807, 2.05) is 0 Å². The van der Waals surface area contributed by atoms with Crippen LogP contribution in [0.15, 0.2) is 35.0 Å². The van der Waals surface area contributed by atoms with E-state index in [1.54, 1.807) is 49.1 Å². The maximum atomic E-state index is 12.3. The van der Waals surface area contributed by atoms with Crippen molar-refractivity contribution in [2.45, 2.75) is 6.92 Å². The van der Waals surface area contributed by atoms with Gasteiger partial charge in [-0.05, 0) is 25.1 Å². The molecule has 0 saturated carbocycles. The SMILES string of the molecule is Cc1cc(C(=O)Nc2ccc(OCCN)c(-c3c(Cl)cnn3C)c2)no1. The number of amides is 1. The first kappa shape index (κ1) is 18.0. The number of aryl methyl sites for hydroxylation is 2. The van der Waals surface area contributed by atoms with Crippen molar-refractivity contribution in [2.75, 3.05) is 18.5 Å². The molecule has 0 fully saturated rings. The van der Waals surface area contributed by atoms with Gasteiger partial charge in [0.25, 0.3) is 5.91 Å². The molecule has 1 amide bonds. The third-order valence-electron chi connectivity index (χ3n) is 3.62. The zero-order chi connectivity index (χ0) is 18.7. The number of rotatable bonds is 6. The minimum absolute atomic E-state index is 0.200. The predicted molar refractivity (Wildman–Crippen MR) is 97.4 cm³/mol. The number of aromatic nitrogens is 3. The van der Waals surface area contributed by atoms with E-state index >= 15 is 0 Å². The van der Waals surface area contributed by atoms with Crippen molar-refractivity contribution in [3.05, 3.63) is 46.9 Å². The first-order valence-corrected chi connectivity index (χ1v) is 8.27. The number of halogens is 1. The van der Waals surface area contributed by atoms with Gasteiger partial charge in [0.2, 0.25) is 0 Å². The van der Waals surface area contributed by atoms with Crippen molar-refractivity contribution in [2.24, 2.45) is 12.8 Å². The van der Waals surface area contributed by atoms with Crippen LogP contribution in [0.2, 0.25) is 5.02 Å². The molecule has 2 heterocycles. The van der Waals surface area contributed by atoms with Crippen LogP contribution >= 0.6 is 11.6 Å². The smallest absolute Gasteiger partial charge is 0.277 e. The summed E-state index contributed by atoms with van der Waals surface area (Å²) in [6.07, 6.45) is 1.55. The van der Waals surface area contributed by atoms with Crippen LogP contribution in [0.25, 0.3) is 11.3 Å². The van der Waals surface area contributed by atoms with Crippen LogP contribution in [0, 0.1) is 6.92 Å². The molecule has 0 unspecified atom stereocenters. The second kappa shape index (κ2) is 7.59. The van der Waals surface area contributed by atoms with Crippen molar-refractivity contribution < 1.29 is 14.1 Å². The molecule has 0 aliphatic heterocycles. The molecule has 1 aromatic carbocycles. The molecule has 0 bridgehead atoms. The monoisotopic (exact) mass is 375 g/mol. The second-order valence-corrected chi connectivity index (χ2v) is 6.00. The molecule has 0 saturated heterocycles. The normalized spacial score (nSPS) is 10.8. The Balaban J connectivity index is 1.95. The largest absolute Gasteiger partial charge is 0.492 e. The summed E-state index contributed by atoms with van der Waals surface area (Å²) in [6.45, 7) is 2.45. The van der Waals surface area contributed by atoms with Crippen LogP contribution in [-0.2, 0) is 7.05 Å². The summed E-state index contributed by atoms with van der Waals surface area (Å²) in [5.74, 6) is 0.777. The first-order valence-electron chi connectivity index (χ1n) is 7.89. The number of carbonyl (C=O) groups is 1. The average Bonchev–Trinajstić information content (AvgIpc) is 3.19. The highest BCUT2D eigenvalue weighted by atomic mass is 35.5. The minimum atomic E-state index is -0.375. The van der Waals surface area contributed by atoms with Gasteiger partial charge < -0.3 is 20.3 Å². The van der Waals surface area contributed by atoms with Crippen molar-refractivity contribution in [1.82, 2.24) is 14.9 Å². The molecule has 9 heteroatoms. The molecule has 3 aromatic rings. The first-order chi connectivity index (χ1) is 12.5. The molecule has 0 spiro atoms. The van der Waals surface area contributed by atoms with E-state index in [4.69, 9.17) is 26.6 Å². The zero-order valence-corrected chi connectivity index (χ0v) is 15.1. The number of nitrogens with two attached hydrogens (primary N) is 1. The summed E-state index contributed by atoms with van der Waals surface area (Å²) < 4.78 is 12.3. The maximum Gasteiger partial charge on any atom is 0.277 e. The number of nitrogens with one attached hydrogen (secondary N) is 1. The highest BCUT2D eigenvalue weighted by Gasteiger charge is 2.17. The molecule has 0 aliphatic carbocycles. The van der Waals surface area contributed by atoms with Gasteiger partial charge in [-0.3, -0.25) is 9.48 Å². The third kappa shape index (κ3) is 3.71. The van der Waals surface area contributed by atoms with Gasteiger partial charge in [-0.15, -0.1) is 0 Å². The van der Waals surface area contributed by atoms with Crippen molar-refractivity contribution >= 4 is 23.2 Å². The van der Waals surface area contributed by atoms with Crippen LogP contribution in [0.5, 0.6) is 5.75 Å². The predicted octanol–water partition coefficient (Wildman–Crippen LogP) is 2.63. The van der Waals surface area contributed by atoms with Crippen molar-refractivity contribution in [3.63, 3.8) is 0 Å². The number of hydrogen-bond donors (Lipinski definition) is 2. The Morgan fingerprint density at radius 1 is 1.42 bits per heavy atom. The molecule has 2 aromatic heterocycles. The molecule has 0 radical (unpaired) electrons. The lowest BCUT2D eigenvalue weighted by molar-refractivity contribution is 0.101. The minimum Gasteiger partial charge on any atom is -0.492 e. The molecule has 3 N–H and O–H groups in total. The molecule has 26 heavy (non-hydrogen) atoms. The van der Waals surface area contributed by atoms with E-state index in [9.17, 15) is 4.79 Å². The van der Waals surface area contributed by atoms with Gasteiger partial charge in [-0.2, -0.15) is 5.10 Å². The Bertz CT molecular complexity index is 915. The van der Waals surface area contributed by atoms with Crippen LogP contribution in [0.1, 0.15) is 16.2 Å². The Morgan fingerprint density at radius 2 is 2.23 bits per heavy atom. The van der Waals surface area contributed by atoms with Gasteiger partial charge in [-0.1, -0.05) is 16.8 Å². The van der Waals surface area contributed by atoms with Crippen LogP contribution < -0.4 is 15.8 Å². The summed E-state index contributed by atoms with van der Waals surface area (Å²) >= 11 is 6.27. The van der Waals surface area contributed by atoms with Gasteiger partial charge in [0.1, 0.15) is 18.1 Å². The van der Waals surface area contributed by atoms with E-state index < -0.39 is 0 Å². The van der Waals surface area contributed by atoms with E-state index in [0.29, 0.717) is 46.6 Å². The highest BCUT2D eigenvalue weighted by Crippen LogP contribution is 2.36. The number of benzene rings is 1. The lowest BCUT2D eigenvalue weighted by atomic mass is 10.1. The van der Waals surface area contributed by atoms with E-state index in [-0.39, 0.29) is 11.6 Å². The lowest BCUT2D eigenvalue weighted by Crippen LogP contribution is -2.13. The number of hydrogen-bond acceptors (Lipinski definition) is 6. The number of anilines is 1. The van der Waals surface area contributed by atoms with Gasteiger partial charge in [0, 0.05) is 30.9 Å². The Morgan fingerprint density at radius 3 is 2.85 bits per heavy atom. The zero-order valence-electron chi connectivity index (χ0n) is 14.3. The van der Waals surface area contributed by atoms with Crippen LogP contribution in [-0.4, -0.2) is 34.0 Å². The number of nitrogens with zero attached hydrogens (tertiary/aromatic N) is 3. The fourth-order valence-corrected chi connectivity index (χ4v) is 2.74. The Labute approximate surface area is 154 Å². The fraction of sp³-hybridized carbons (Fsp3) is 0.235. The summed E-state index contributed by atoms with van der Waals surface area (Å²) in [7, 11) is 1.78. The number of ether oxygens (including phenoxy) is 1. The van der Waals surface area contributed by atoms with E-state index in [1.165, 1.54) is 0 Å². The molecular formula is C17H18ClN5O3. The third-order valence-corrected chi connectivity index (χ3v) is 3.90. The fourth-order valence-electron chi connectivity index (χ4n) is 2.47. The summed E-state index contributed by atoms with van der Waals surface area (Å²) in [5, 5.41) is 11.1. The van der Waals surface area contributed by atoms with Crippen LogP contribution in [0.4, 0.5) is 5.69 Å². The molecule has 3 rings (SSSR count). The molecular weight excluding hydrogens is 358 g/mol. The van der Waals surface area contributed by atoms with Gasteiger partial charge in [0.05, 0.1) is 16.9 Å². The maximum absolute atomic E-state index is 12.3. The molecule has 8 nitrogen and oxygen atoms in total. The topological polar surface area (TPSA) is 108 Å². The average molecular weight is 376 g/mol. The lowest BCUT2D eigenvalue weighted by Gasteiger charge is -2.14. The molecule has 0 aliphatic rings. The summed E-state index contributed by atoms with van der Waals surface area (Å²) in [4.78, 5) is 12.3. The molecule has 136 valence electrons. The van der Waals surface area contributed by atoms with Crippen molar-refractivity contribution in [3.8, 4) is 17.0 Å². The van der Waals surface area contributed by atoms with E-state index in [2.05, 4.69) is 15.6 Å². The Hall–Kier alpha value is -2.84. The second-order valence-electron chi connectivity index (χ2n) is 5.59. The quantitative estimate of drug-likeness (QED) is 0.685. The highest BCUT2D eigenvalue weighted by molar-refractivity contribution is 6.33. The standard InChI is InChI=1S/C17H18ClN5O3/c1-10-7-14(22-26-10)17(24)21-11-3-4-15(25-6-5-19)12(8-11)16-13(18)9-20-23(16)2/h3-4,7-9H,5-6,19H2,1-2H3,(H,21,24). The molecule has 0 atom stereocenters.